The molecule has 0 radical (unpaired) electrons. The topological polar surface area (TPSA) is 133 Å². The number of fused-ring (bicyclic) bond motifs is 2. The molecule has 0 saturated heterocycles. The lowest BCUT2D eigenvalue weighted by atomic mass is 9.82. The molecule has 3 aromatic rings. The van der Waals surface area contributed by atoms with Gasteiger partial charge in [-0.15, -0.1) is 0 Å². The molecule has 1 aliphatic carbocycles. The summed E-state index contributed by atoms with van der Waals surface area (Å²) in [4.78, 5) is 62.7. The van der Waals surface area contributed by atoms with Gasteiger partial charge in [0.15, 0.2) is 24.0 Å². The number of rotatable bonds is 7. The molecule has 4 rings (SSSR count). The smallest absolute Gasteiger partial charge is 0.340 e. The van der Waals surface area contributed by atoms with Gasteiger partial charge in [0.05, 0.1) is 22.9 Å². The minimum absolute atomic E-state index is 0.0629. The number of ketones is 3. The molecule has 1 atom stereocenters. The Balaban J connectivity index is 1.46. The fourth-order valence-corrected chi connectivity index (χ4v) is 3.98. The number of esters is 1. The zero-order chi connectivity index (χ0) is 25.1. The van der Waals surface area contributed by atoms with Crippen LogP contribution in [0.15, 0.2) is 66.7 Å². The van der Waals surface area contributed by atoms with E-state index in [9.17, 15) is 24.0 Å². The number of nitrogens with two attached hydrogens (primary N) is 1. The van der Waals surface area contributed by atoms with Crippen molar-refractivity contribution in [1.29, 1.82) is 0 Å². The number of amides is 1. The van der Waals surface area contributed by atoms with Crippen LogP contribution >= 0.6 is 0 Å². The molecule has 1 unspecified atom stereocenters. The van der Waals surface area contributed by atoms with E-state index in [-0.39, 0.29) is 45.1 Å². The number of hydrogen-bond donors (Lipinski definition) is 2. The second-order valence-electron chi connectivity index (χ2n) is 8.15. The minimum atomic E-state index is -0.929. The molecule has 0 saturated carbocycles. The van der Waals surface area contributed by atoms with Gasteiger partial charge in [-0.1, -0.05) is 54.6 Å². The maximum atomic E-state index is 13.0. The Bertz CT molecular complexity index is 1360. The van der Waals surface area contributed by atoms with E-state index in [2.05, 4.69) is 5.32 Å². The van der Waals surface area contributed by atoms with Crippen LogP contribution in [0.25, 0.3) is 0 Å². The van der Waals surface area contributed by atoms with Gasteiger partial charge in [0.2, 0.25) is 0 Å². The van der Waals surface area contributed by atoms with E-state index < -0.39 is 30.3 Å². The van der Waals surface area contributed by atoms with Crippen molar-refractivity contribution < 1.29 is 28.7 Å². The lowest BCUT2D eigenvalue weighted by molar-refractivity contribution is -0.128. The molecule has 8 heteroatoms. The Morgan fingerprint density at radius 2 is 1.49 bits per heavy atom. The van der Waals surface area contributed by atoms with Crippen molar-refractivity contribution in [1.82, 2.24) is 5.32 Å². The number of ether oxygens (including phenoxy) is 1. The highest BCUT2D eigenvalue weighted by Crippen LogP contribution is 2.32. The van der Waals surface area contributed by atoms with E-state index >= 15 is 0 Å². The second-order valence-corrected chi connectivity index (χ2v) is 8.15. The van der Waals surface area contributed by atoms with Crippen molar-refractivity contribution in [2.24, 2.45) is 0 Å². The molecule has 3 aromatic carbocycles. The van der Waals surface area contributed by atoms with Gasteiger partial charge >= 0.3 is 5.97 Å². The predicted octanol–water partition coefficient (Wildman–Crippen LogP) is 2.52. The van der Waals surface area contributed by atoms with Crippen LogP contribution in [-0.4, -0.2) is 41.9 Å². The third kappa shape index (κ3) is 4.72. The Labute approximate surface area is 201 Å². The van der Waals surface area contributed by atoms with Crippen LogP contribution in [0.3, 0.4) is 0 Å². The standard InChI is InChI=1S/C27H22N2O6/c1-15(30)21(13-16-7-3-2-4-8-16)29-22(31)14-35-27(34)20-12-11-19-23(24(20)28)26(33)18-10-6-5-9-17(18)25(19)32/h2-12,21H,13-14,28H2,1H3,(H,29,31). The largest absolute Gasteiger partial charge is 0.452 e. The molecular formula is C27H22N2O6. The van der Waals surface area contributed by atoms with Crippen molar-refractivity contribution in [2.75, 3.05) is 12.3 Å². The maximum absolute atomic E-state index is 13.0. The van der Waals surface area contributed by atoms with Crippen LogP contribution in [-0.2, 0) is 20.7 Å². The normalized spacial score (nSPS) is 12.8. The maximum Gasteiger partial charge on any atom is 0.340 e. The summed E-state index contributed by atoms with van der Waals surface area (Å²) in [5.74, 6) is -2.66. The molecule has 0 aromatic heterocycles. The van der Waals surface area contributed by atoms with Crippen molar-refractivity contribution in [2.45, 2.75) is 19.4 Å². The zero-order valence-electron chi connectivity index (χ0n) is 18.9. The van der Waals surface area contributed by atoms with Crippen LogP contribution in [0, 0.1) is 0 Å². The molecular weight excluding hydrogens is 448 g/mol. The monoisotopic (exact) mass is 470 g/mol. The highest BCUT2D eigenvalue weighted by atomic mass is 16.5. The van der Waals surface area contributed by atoms with E-state index in [0.29, 0.717) is 6.42 Å². The quantitative estimate of drug-likeness (QED) is 0.313. The number of nitrogens with one attached hydrogen (secondary N) is 1. The van der Waals surface area contributed by atoms with E-state index in [1.165, 1.54) is 25.1 Å². The number of carbonyl (C=O) groups excluding carboxylic acids is 5. The highest BCUT2D eigenvalue weighted by molar-refractivity contribution is 6.30. The summed E-state index contributed by atoms with van der Waals surface area (Å²) in [6, 6.07) is 17.4. The van der Waals surface area contributed by atoms with E-state index in [1.807, 2.05) is 30.3 Å². The molecule has 0 bridgehead atoms. The first-order valence-electron chi connectivity index (χ1n) is 10.9. The lowest BCUT2D eigenvalue weighted by Crippen LogP contribution is -2.43. The first-order valence-corrected chi connectivity index (χ1v) is 10.9. The first-order chi connectivity index (χ1) is 16.8. The van der Waals surface area contributed by atoms with Gasteiger partial charge in [-0.05, 0) is 31.0 Å². The molecule has 3 N–H and O–H groups in total. The summed E-state index contributed by atoms with van der Waals surface area (Å²) in [6.07, 6.45) is 0.297. The van der Waals surface area contributed by atoms with Gasteiger partial charge in [-0.2, -0.15) is 0 Å². The van der Waals surface area contributed by atoms with Gasteiger partial charge in [0, 0.05) is 16.7 Å². The summed E-state index contributed by atoms with van der Waals surface area (Å²) in [5.41, 5.74) is 7.17. The molecule has 1 amide bonds. The third-order valence-corrected chi connectivity index (χ3v) is 5.80. The molecule has 1 aliphatic rings. The van der Waals surface area contributed by atoms with Gasteiger partial charge in [-0.3, -0.25) is 19.2 Å². The van der Waals surface area contributed by atoms with Crippen molar-refractivity contribution >= 4 is 34.9 Å². The summed E-state index contributed by atoms with van der Waals surface area (Å²) in [6.45, 7) is 0.716. The average molecular weight is 470 g/mol. The van der Waals surface area contributed by atoms with Crippen LogP contribution in [0.2, 0.25) is 0 Å². The molecule has 0 heterocycles. The zero-order valence-corrected chi connectivity index (χ0v) is 18.9. The SMILES string of the molecule is CC(=O)C(Cc1ccccc1)NC(=O)COC(=O)c1ccc2c(c1N)C(=O)c1ccccc1C2=O. The van der Waals surface area contributed by atoms with Crippen LogP contribution < -0.4 is 11.1 Å². The Morgan fingerprint density at radius 1 is 0.857 bits per heavy atom. The number of anilines is 1. The molecule has 0 fully saturated rings. The van der Waals surface area contributed by atoms with E-state index in [4.69, 9.17) is 10.5 Å². The molecule has 0 spiro atoms. The van der Waals surface area contributed by atoms with Gasteiger partial charge < -0.3 is 15.8 Å². The van der Waals surface area contributed by atoms with Gasteiger partial charge in [-0.25, -0.2) is 4.79 Å². The van der Waals surface area contributed by atoms with E-state index in [1.54, 1.807) is 18.2 Å². The summed E-state index contributed by atoms with van der Waals surface area (Å²) in [5, 5.41) is 2.56. The molecule has 0 aliphatic heterocycles. The van der Waals surface area contributed by atoms with Gasteiger partial charge in [0.1, 0.15) is 0 Å². The number of nitrogen functional groups attached to an aromatic ring is 1. The Morgan fingerprint density at radius 3 is 2.14 bits per heavy atom. The number of carbonyl (C=O) groups is 5. The molecule has 176 valence electrons. The second kappa shape index (κ2) is 9.72. The van der Waals surface area contributed by atoms with Gasteiger partial charge in [0.25, 0.3) is 5.91 Å². The Kier molecular flexibility index (Phi) is 6.55. The lowest BCUT2D eigenvalue weighted by Gasteiger charge is -2.20. The van der Waals surface area contributed by atoms with Crippen LogP contribution in [0.5, 0.6) is 0 Å². The minimum Gasteiger partial charge on any atom is -0.452 e. The fraction of sp³-hybridized carbons (Fsp3) is 0.148. The third-order valence-electron chi connectivity index (χ3n) is 5.80. The molecule has 35 heavy (non-hydrogen) atoms. The average Bonchev–Trinajstić information content (AvgIpc) is 2.86. The highest BCUT2D eigenvalue weighted by Gasteiger charge is 2.33. The number of benzene rings is 3. The van der Waals surface area contributed by atoms with Crippen LogP contribution in [0.1, 0.15) is 54.7 Å². The predicted molar refractivity (Wildman–Crippen MR) is 127 cm³/mol. The van der Waals surface area contributed by atoms with Crippen LogP contribution in [0.4, 0.5) is 5.69 Å². The van der Waals surface area contributed by atoms with Crippen molar-refractivity contribution in [3.8, 4) is 0 Å². The number of hydrogen-bond acceptors (Lipinski definition) is 7. The summed E-state index contributed by atoms with van der Waals surface area (Å²) in [7, 11) is 0. The number of Topliss-reactive ketones (excluding diaryl/α,β-unsaturated/α-hetero) is 1. The van der Waals surface area contributed by atoms with E-state index in [0.717, 1.165) is 5.56 Å². The molecule has 8 nitrogen and oxygen atoms in total. The van der Waals surface area contributed by atoms with Crippen molar-refractivity contribution in [3.05, 3.63) is 100 Å². The summed E-state index contributed by atoms with van der Waals surface area (Å²) >= 11 is 0. The summed E-state index contributed by atoms with van der Waals surface area (Å²) < 4.78 is 5.09. The van der Waals surface area contributed by atoms with Crippen molar-refractivity contribution in [3.63, 3.8) is 0 Å². The fourth-order valence-electron chi connectivity index (χ4n) is 3.98. The Hall–Kier alpha value is -4.59. The first kappa shape index (κ1) is 23.6.